The number of aromatic nitrogens is 1. The van der Waals surface area contributed by atoms with Crippen LogP contribution in [0.4, 0.5) is 26.3 Å². The van der Waals surface area contributed by atoms with E-state index in [9.17, 15) is 31.1 Å². The molecule has 1 amide bonds. The summed E-state index contributed by atoms with van der Waals surface area (Å²) in [7, 11) is 0. The summed E-state index contributed by atoms with van der Waals surface area (Å²) in [6, 6.07) is 3.79. The Morgan fingerprint density at radius 1 is 1.14 bits per heavy atom. The molecule has 3 heterocycles. The highest BCUT2D eigenvalue weighted by Crippen LogP contribution is 2.43. The van der Waals surface area contributed by atoms with Crippen LogP contribution in [0.3, 0.4) is 0 Å². The summed E-state index contributed by atoms with van der Waals surface area (Å²) in [6.07, 6.45) is -3.01. The standard InChI is InChI=1S/C17H23N3O2.2C2HF3O2/c21-16-17(5-7-20(12-17)10-13-3-4-13)14(8-19-16)11-22-15-2-1-6-18-9-15;2*3-2(4,5)1(6)7/h1-2,6,9,13-14H,3-5,7-8,10-12H2,(H,19,21);2*(H,6,7)/t14-,17-;;/m1../s1. The lowest BCUT2D eigenvalue weighted by Crippen LogP contribution is -2.40. The topological polar surface area (TPSA) is 129 Å². The van der Waals surface area contributed by atoms with Gasteiger partial charge in [-0.25, -0.2) is 9.59 Å². The number of hydrogen-bond donors (Lipinski definition) is 3. The fourth-order valence-corrected chi connectivity index (χ4v) is 3.88. The predicted molar refractivity (Wildman–Crippen MR) is 110 cm³/mol. The Morgan fingerprint density at radius 3 is 2.19 bits per heavy atom. The summed E-state index contributed by atoms with van der Waals surface area (Å²) in [5.41, 5.74) is -0.239. The number of aliphatic carboxylic acids is 2. The van der Waals surface area contributed by atoms with Crippen LogP contribution in [-0.2, 0) is 14.4 Å². The zero-order valence-electron chi connectivity index (χ0n) is 18.8. The number of nitrogens with one attached hydrogen (secondary N) is 1. The first-order valence-corrected chi connectivity index (χ1v) is 10.8. The molecule has 0 radical (unpaired) electrons. The molecule has 1 aliphatic carbocycles. The molecule has 0 unspecified atom stereocenters. The van der Waals surface area contributed by atoms with Crippen molar-refractivity contribution in [3.8, 4) is 5.75 Å². The van der Waals surface area contributed by atoms with Crippen molar-refractivity contribution in [3.63, 3.8) is 0 Å². The van der Waals surface area contributed by atoms with Crippen LogP contribution >= 0.6 is 0 Å². The van der Waals surface area contributed by atoms with Crippen molar-refractivity contribution in [1.29, 1.82) is 0 Å². The molecule has 4 rings (SSSR count). The number of rotatable bonds is 5. The third-order valence-electron chi connectivity index (χ3n) is 5.91. The van der Waals surface area contributed by atoms with Gasteiger partial charge in [0.1, 0.15) is 5.75 Å². The molecular formula is C21H25F6N3O6. The summed E-state index contributed by atoms with van der Waals surface area (Å²) in [4.78, 5) is 36.8. The summed E-state index contributed by atoms with van der Waals surface area (Å²) in [6.45, 7) is 4.44. The molecule has 3 aliphatic rings. The lowest BCUT2D eigenvalue weighted by Gasteiger charge is -2.28. The van der Waals surface area contributed by atoms with Gasteiger partial charge in [-0.2, -0.15) is 26.3 Å². The van der Waals surface area contributed by atoms with Crippen LogP contribution in [0, 0.1) is 17.3 Å². The van der Waals surface area contributed by atoms with E-state index in [1.165, 1.54) is 19.4 Å². The molecule has 1 saturated carbocycles. The van der Waals surface area contributed by atoms with E-state index in [4.69, 9.17) is 24.5 Å². The SMILES string of the molecule is O=C(O)C(F)(F)F.O=C(O)C(F)(F)F.O=C1NC[C@H](COc2cccnc2)[C@]12CCN(CC1CC1)C2. The number of amides is 1. The van der Waals surface area contributed by atoms with Gasteiger partial charge in [0.05, 0.1) is 18.2 Å². The number of carbonyl (C=O) groups is 3. The van der Waals surface area contributed by atoms with E-state index < -0.39 is 24.3 Å². The minimum atomic E-state index is -5.08. The number of ether oxygens (including phenoxy) is 1. The zero-order chi connectivity index (χ0) is 27.1. The van der Waals surface area contributed by atoms with Gasteiger partial charge in [-0.15, -0.1) is 0 Å². The molecular weight excluding hydrogens is 504 g/mol. The van der Waals surface area contributed by atoms with Gasteiger partial charge in [0, 0.05) is 31.7 Å². The lowest BCUT2D eigenvalue weighted by molar-refractivity contribution is -0.193. The highest BCUT2D eigenvalue weighted by Gasteiger charge is 2.54. The van der Waals surface area contributed by atoms with Gasteiger partial charge in [-0.05, 0) is 43.9 Å². The first-order chi connectivity index (χ1) is 16.6. The largest absolute Gasteiger partial charge is 0.492 e. The van der Waals surface area contributed by atoms with Crippen LogP contribution in [0.1, 0.15) is 19.3 Å². The summed E-state index contributed by atoms with van der Waals surface area (Å²) >= 11 is 0. The molecule has 3 fully saturated rings. The minimum absolute atomic E-state index is 0.227. The van der Waals surface area contributed by atoms with Crippen LogP contribution in [0.5, 0.6) is 5.75 Å². The number of pyridine rings is 1. The van der Waals surface area contributed by atoms with E-state index in [2.05, 4.69) is 15.2 Å². The Balaban J connectivity index is 0.000000271. The van der Waals surface area contributed by atoms with Crippen LogP contribution < -0.4 is 10.1 Å². The predicted octanol–water partition coefficient (Wildman–Crippen LogP) is 2.58. The second kappa shape index (κ2) is 11.8. The second-order valence-corrected chi connectivity index (χ2v) is 8.60. The van der Waals surface area contributed by atoms with Crippen LogP contribution in [0.15, 0.2) is 24.5 Å². The molecule has 1 aromatic rings. The summed E-state index contributed by atoms with van der Waals surface area (Å²) in [5.74, 6) is -3.37. The number of alkyl halides is 6. The van der Waals surface area contributed by atoms with Crippen LogP contribution in [-0.4, -0.2) is 83.1 Å². The van der Waals surface area contributed by atoms with Crippen molar-refractivity contribution in [2.75, 3.05) is 32.8 Å². The monoisotopic (exact) mass is 529 g/mol. The number of carboxylic acid groups (broad SMARTS) is 2. The maximum absolute atomic E-state index is 12.5. The van der Waals surface area contributed by atoms with E-state index in [-0.39, 0.29) is 17.2 Å². The normalized spacial score (nSPS) is 23.7. The molecule has 2 aliphatic heterocycles. The fourth-order valence-electron chi connectivity index (χ4n) is 3.88. The van der Waals surface area contributed by atoms with E-state index in [0.717, 1.165) is 37.7 Å². The van der Waals surface area contributed by atoms with Crippen molar-refractivity contribution in [2.45, 2.75) is 31.6 Å². The van der Waals surface area contributed by atoms with Crippen LogP contribution in [0.2, 0.25) is 0 Å². The Hall–Kier alpha value is -3.10. The first kappa shape index (κ1) is 29.1. The third-order valence-corrected chi connectivity index (χ3v) is 5.91. The van der Waals surface area contributed by atoms with E-state index in [1.54, 1.807) is 12.4 Å². The Kier molecular flexibility index (Phi) is 9.51. The van der Waals surface area contributed by atoms with Gasteiger partial charge in [0.2, 0.25) is 5.91 Å². The Bertz CT molecular complexity index is 886. The minimum Gasteiger partial charge on any atom is -0.492 e. The molecule has 2 atom stereocenters. The van der Waals surface area contributed by atoms with Gasteiger partial charge >= 0.3 is 24.3 Å². The average molecular weight is 529 g/mol. The quantitative estimate of drug-likeness (QED) is 0.497. The second-order valence-electron chi connectivity index (χ2n) is 8.60. The van der Waals surface area contributed by atoms with Gasteiger partial charge in [0.25, 0.3) is 0 Å². The van der Waals surface area contributed by atoms with Gasteiger partial charge in [0.15, 0.2) is 0 Å². The molecule has 2 saturated heterocycles. The average Bonchev–Trinajstić information content (AvgIpc) is 3.42. The molecule has 1 aromatic heterocycles. The van der Waals surface area contributed by atoms with Gasteiger partial charge in [-0.3, -0.25) is 9.78 Å². The fraction of sp³-hybridized carbons (Fsp3) is 0.619. The van der Waals surface area contributed by atoms with Crippen molar-refractivity contribution in [3.05, 3.63) is 24.5 Å². The number of carboxylic acids is 2. The molecule has 15 heteroatoms. The number of nitrogens with zero attached hydrogens (tertiary/aromatic N) is 2. The van der Waals surface area contributed by atoms with E-state index >= 15 is 0 Å². The van der Waals surface area contributed by atoms with Gasteiger partial charge < -0.3 is 25.2 Å². The van der Waals surface area contributed by atoms with Crippen molar-refractivity contribution < 1.29 is 55.7 Å². The van der Waals surface area contributed by atoms with Gasteiger partial charge in [-0.1, -0.05) is 0 Å². The van der Waals surface area contributed by atoms with Crippen molar-refractivity contribution >= 4 is 17.8 Å². The Labute approximate surface area is 201 Å². The van der Waals surface area contributed by atoms with Crippen molar-refractivity contribution in [2.24, 2.45) is 17.3 Å². The highest BCUT2D eigenvalue weighted by molar-refractivity contribution is 5.86. The molecule has 0 bridgehead atoms. The van der Waals surface area contributed by atoms with E-state index in [1.807, 2.05) is 12.1 Å². The first-order valence-electron chi connectivity index (χ1n) is 10.8. The summed E-state index contributed by atoms with van der Waals surface area (Å²) in [5, 5.41) is 17.3. The maximum atomic E-state index is 12.5. The Morgan fingerprint density at radius 2 is 1.72 bits per heavy atom. The van der Waals surface area contributed by atoms with Crippen LogP contribution in [0.25, 0.3) is 0 Å². The number of carbonyl (C=O) groups excluding carboxylic acids is 1. The number of halogens is 6. The molecule has 0 aromatic carbocycles. The summed E-state index contributed by atoms with van der Waals surface area (Å²) < 4.78 is 69.4. The zero-order valence-corrected chi connectivity index (χ0v) is 18.8. The number of hydrogen-bond acceptors (Lipinski definition) is 6. The molecule has 36 heavy (non-hydrogen) atoms. The third kappa shape index (κ3) is 8.53. The maximum Gasteiger partial charge on any atom is 0.490 e. The molecule has 9 nitrogen and oxygen atoms in total. The highest BCUT2D eigenvalue weighted by atomic mass is 19.4. The number of likely N-dealkylation sites (tertiary alicyclic amines) is 1. The smallest absolute Gasteiger partial charge is 0.490 e. The van der Waals surface area contributed by atoms with Crippen molar-refractivity contribution in [1.82, 2.24) is 15.2 Å². The lowest BCUT2D eigenvalue weighted by atomic mass is 9.77. The molecule has 1 spiro atoms. The van der Waals surface area contributed by atoms with E-state index in [0.29, 0.717) is 6.61 Å². The molecule has 3 N–H and O–H groups in total. The molecule has 202 valence electrons.